The zero-order valence-electron chi connectivity index (χ0n) is 18.0. The highest BCUT2D eigenvalue weighted by atomic mass is 79.9. The molecule has 0 radical (unpaired) electrons. The summed E-state index contributed by atoms with van der Waals surface area (Å²) in [6, 6.07) is 10.4. The molecule has 0 N–H and O–H groups in total. The van der Waals surface area contributed by atoms with Crippen molar-refractivity contribution < 1.29 is 14.2 Å². The Kier molecular flexibility index (Phi) is 6.89. The van der Waals surface area contributed by atoms with Crippen molar-refractivity contribution in [2.75, 3.05) is 20.8 Å². The van der Waals surface area contributed by atoms with Gasteiger partial charge in [0.25, 0.3) is 0 Å². The minimum absolute atomic E-state index is 0.225. The van der Waals surface area contributed by atoms with Crippen LogP contribution in [0.25, 0.3) is 11.1 Å². The largest absolute Gasteiger partial charge is 0.496 e. The van der Waals surface area contributed by atoms with E-state index in [0.717, 1.165) is 45.5 Å². The van der Waals surface area contributed by atoms with Crippen LogP contribution in [0.3, 0.4) is 0 Å². The Morgan fingerprint density at radius 2 is 1.72 bits per heavy atom. The fourth-order valence-electron chi connectivity index (χ4n) is 3.59. The number of rotatable bonds is 8. The monoisotopic (exact) mass is 459 g/mol. The predicted octanol–water partition coefficient (Wildman–Crippen LogP) is 6.42. The minimum Gasteiger partial charge on any atom is -0.496 e. The van der Waals surface area contributed by atoms with Crippen LogP contribution in [0, 0.1) is 0 Å². The number of aryl methyl sites for hydroxylation is 1. The number of unbranched alkanes of at least 4 members (excludes halogenated alkanes) is 2. The van der Waals surface area contributed by atoms with Crippen molar-refractivity contribution in [1.82, 2.24) is 0 Å². The van der Waals surface area contributed by atoms with Crippen molar-refractivity contribution in [2.45, 2.75) is 52.0 Å². The Morgan fingerprint density at radius 1 is 1.03 bits per heavy atom. The standard InChI is InChI=1S/C24H30BrNO3/c1-6-7-8-9-16-12-20(27-4)22(21(13-16)28-5)19-14-17(25)10-11-18(19)23-26-24(2,3)15-29-23/h10-14H,6-9,15H2,1-5H3. The summed E-state index contributed by atoms with van der Waals surface area (Å²) >= 11 is 3.61. The van der Waals surface area contributed by atoms with E-state index in [2.05, 4.69) is 54.9 Å². The summed E-state index contributed by atoms with van der Waals surface area (Å²) in [7, 11) is 3.41. The van der Waals surface area contributed by atoms with Crippen LogP contribution in [0.5, 0.6) is 11.5 Å². The predicted molar refractivity (Wildman–Crippen MR) is 122 cm³/mol. The second-order valence-electron chi connectivity index (χ2n) is 8.04. The normalized spacial score (nSPS) is 15.0. The quantitative estimate of drug-likeness (QED) is 0.427. The molecule has 0 atom stereocenters. The maximum absolute atomic E-state index is 5.95. The van der Waals surface area contributed by atoms with Gasteiger partial charge in [-0.3, -0.25) is 0 Å². The Balaban J connectivity index is 2.14. The van der Waals surface area contributed by atoms with Gasteiger partial charge in [0.15, 0.2) is 0 Å². The molecule has 0 amide bonds. The topological polar surface area (TPSA) is 40.0 Å². The van der Waals surface area contributed by atoms with Crippen molar-refractivity contribution in [1.29, 1.82) is 0 Å². The number of ether oxygens (including phenoxy) is 3. The molecule has 1 aliphatic heterocycles. The first-order valence-corrected chi connectivity index (χ1v) is 11.0. The van der Waals surface area contributed by atoms with Gasteiger partial charge < -0.3 is 14.2 Å². The molecule has 0 spiro atoms. The SMILES string of the molecule is CCCCCc1cc(OC)c(-c2cc(Br)ccc2C2=NC(C)(C)CO2)c(OC)c1. The van der Waals surface area contributed by atoms with Gasteiger partial charge in [-0.1, -0.05) is 35.7 Å². The van der Waals surface area contributed by atoms with Gasteiger partial charge in [-0.15, -0.1) is 0 Å². The molecule has 3 rings (SSSR count). The molecule has 1 heterocycles. The van der Waals surface area contributed by atoms with Gasteiger partial charge in [0.05, 0.1) is 25.3 Å². The Morgan fingerprint density at radius 3 is 2.28 bits per heavy atom. The summed E-state index contributed by atoms with van der Waals surface area (Å²) in [6.45, 7) is 6.94. The molecule has 4 nitrogen and oxygen atoms in total. The summed E-state index contributed by atoms with van der Waals surface area (Å²) < 4.78 is 18.5. The van der Waals surface area contributed by atoms with Crippen molar-refractivity contribution in [3.8, 4) is 22.6 Å². The molecule has 2 aromatic carbocycles. The van der Waals surface area contributed by atoms with E-state index in [4.69, 9.17) is 19.2 Å². The lowest BCUT2D eigenvalue weighted by Crippen LogP contribution is -2.17. The zero-order valence-corrected chi connectivity index (χ0v) is 19.6. The molecule has 5 heteroatoms. The van der Waals surface area contributed by atoms with Gasteiger partial charge >= 0.3 is 0 Å². The number of halogens is 1. The van der Waals surface area contributed by atoms with Crippen LogP contribution < -0.4 is 9.47 Å². The number of nitrogens with zero attached hydrogens (tertiary/aromatic N) is 1. The molecule has 2 aromatic rings. The average Bonchev–Trinajstić information content (AvgIpc) is 3.06. The fraction of sp³-hybridized carbons (Fsp3) is 0.458. The van der Waals surface area contributed by atoms with E-state index in [-0.39, 0.29) is 5.54 Å². The van der Waals surface area contributed by atoms with Crippen LogP contribution in [0.1, 0.15) is 51.2 Å². The Bertz CT molecular complexity index is 880. The third-order valence-electron chi connectivity index (χ3n) is 5.08. The lowest BCUT2D eigenvalue weighted by atomic mass is 9.95. The molecule has 0 aliphatic carbocycles. The number of methoxy groups -OCH3 is 2. The molecule has 0 saturated heterocycles. The van der Waals surface area contributed by atoms with E-state index in [1.807, 2.05) is 12.1 Å². The van der Waals surface area contributed by atoms with Gasteiger partial charge in [-0.2, -0.15) is 0 Å². The molecular formula is C24H30BrNO3. The van der Waals surface area contributed by atoms with Gasteiger partial charge in [-0.05, 0) is 62.6 Å². The highest BCUT2D eigenvalue weighted by Crippen LogP contribution is 2.43. The minimum atomic E-state index is -0.225. The first-order valence-electron chi connectivity index (χ1n) is 10.2. The third-order valence-corrected chi connectivity index (χ3v) is 5.58. The van der Waals surface area contributed by atoms with Gasteiger partial charge in [0.1, 0.15) is 18.1 Å². The van der Waals surface area contributed by atoms with Crippen LogP contribution in [0.15, 0.2) is 39.8 Å². The second kappa shape index (κ2) is 9.21. The van der Waals surface area contributed by atoms with E-state index in [1.165, 1.54) is 18.4 Å². The lowest BCUT2D eigenvalue weighted by molar-refractivity contribution is 0.279. The van der Waals surface area contributed by atoms with Crippen LogP contribution in [0.4, 0.5) is 0 Å². The molecule has 0 aromatic heterocycles. The molecule has 0 fully saturated rings. The van der Waals surface area contributed by atoms with E-state index in [9.17, 15) is 0 Å². The summed E-state index contributed by atoms with van der Waals surface area (Å²) in [5.74, 6) is 2.26. The summed E-state index contributed by atoms with van der Waals surface area (Å²) in [6.07, 6.45) is 4.58. The van der Waals surface area contributed by atoms with Gasteiger partial charge in [0, 0.05) is 15.6 Å². The van der Waals surface area contributed by atoms with Crippen molar-refractivity contribution >= 4 is 21.8 Å². The molecule has 0 unspecified atom stereocenters. The van der Waals surface area contributed by atoms with E-state index < -0.39 is 0 Å². The molecule has 0 bridgehead atoms. The molecule has 1 aliphatic rings. The lowest BCUT2D eigenvalue weighted by Gasteiger charge is -2.18. The zero-order chi connectivity index (χ0) is 21.0. The number of aliphatic imine (C=N–C) groups is 1. The van der Waals surface area contributed by atoms with E-state index >= 15 is 0 Å². The van der Waals surface area contributed by atoms with Crippen molar-refractivity contribution in [3.05, 3.63) is 45.9 Å². The second-order valence-corrected chi connectivity index (χ2v) is 8.96. The fourth-order valence-corrected chi connectivity index (χ4v) is 3.95. The van der Waals surface area contributed by atoms with Gasteiger partial charge in [-0.25, -0.2) is 4.99 Å². The maximum atomic E-state index is 5.95. The summed E-state index contributed by atoms with van der Waals surface area (Å²) in [5, 5.41) is 0. The van der Waals surface area contributed by atoms with Crippen LogP contribution in [-0.4, -0.2) is 32.3 Å². The summed E-state index contributed by atoms with van der Waals surface area (Å²) in [5.41, 5.74) is 3.83. The molecule has 156 valence electrons. The maximum Gasteiger partial charge on any atom is 0.217 e. The molecular weight excluding hydrogens is 430 g/mol. The van der Waals surface area contributed by atoms with Crippen LogP contribution in [0.2, 0.25) is 0 Å². The number of hydrogen-bond donors (Lipinski definition) is 0. The number of benzene rings is 2. The highest BCUT2D eigenvalue weighted by molar-refractivity contribution is 9.10. The first-order chi connectivity index (χ1) is 13.9. The van der Waals surface area contributed by atoms with Crippen LogP contribution >= 0.6 is 15.9 Å². The number of hydrogen-bond acceptors (Lipinski definition) is 4. The van der Waals surface area contributed by atoms with Crippen molar-refractivity contribution in [2.24, 2.45) is 4.99 Å². The molecule has 29 heavy (non-hydrogen) atoms. The third kappa shape index (κ3) is 4.95. The Hall–Kier alpha value is -2.01. The highest BCUT2D eigenvalue weighted by Gasteiger charge is 2.29. The first kappa shape index (κ1) is 21.7. The summed E-state index contributed by atoms with van der Waals surface area (Å²) in [4.78, 5) is 4.78. The van der Waals surface area contributed by atoms with Crippen LogP contribution in [-0.2, 0) is 11.2 Å². The van der Waals surface area contributed by atoms with E-state index in [1.54, 1.807) is 14.2 Å². The molecule has 0 saturated carbocycles. The van der Waals surface area contributed by atoms with E-state index in [0.29, 0.717) is 12.5 Å². The smallest absolute Gasteiger partial charge is 0.217 e. The van der Waals surface area contributed by atoms with Gasteiger partial charge in [0.2, 0.25) is 5.90 Å². The average molecular weight is 460 g/mol. The Labute approximate surface area is 182 Å². The van der Waals surface area contributed by atoms with Crippen molar-refractivity contribution in [3.63, 3.8) is 0 Å².